The summed E-state index contributed by atoms with van der Waals surface area (Å²) >= 11 is 13.7. The smallest absolute Gasteiger partial charge is 0.263 e. The van der Waals surface area contributed by atoms with E-state index in [9.17, 15) is 9.59 Å². The molecule has 2 aromatic carbocycles. The summed E-state index contributed by atoms with van der Waals surface area (Å²) in [6, 6.07) is 14.3. The molecule has 0 fully saturated rings. The molecule has 5 nitrogen and oxygen atoms in total. The molecule has 0 spiro atoms. The minimum Gasteiger partial charge on any atom is -0.323 e. The highest BCUT2D eigenvalue weighted by Gasteiger charge is 2.23. The van der Waals surface area contributed by atoms with Crippen LogP contribution in [0.1, 0.15) is 23.3 Å². The van der Waals surface area contributed by atoms with Gasteiger partial charge in [-0.2, -0.15) is 0 Å². The van der Waals surface area contributed by atoms with Crippen molar-refractivity contribution < 1.29 is 4.79 Å². The number of hydrogen-bond acceptors (Lipinski definition) is 4. The molecule has 0 atom stereocenters. The molecule has 0 unspecified atom stereocenters. The van der Waals surface area contributed by atoms with Crippen molar-refractivity contribution >= 4 is 56.3 Å². The summed E-state index contributed by atoms with van der Waals surface area (Å²) in [7, 11) is 0. The van der Waals surface area contributed by atoms with Gasteiger partial charge in [0.2, 0.25) is 5.91 Å². The molecule has 1 amide bonds. The number of nitrogens with one attached hydrogen (secondary N) is 1. The lowest BCUT2D eigenvalue weighted by molar-refractivity contribution is -0.116. The van der Waals surface area contributed by atoms with Gasteiger partial charge in [-0.3, -0.25) is 14.2 Å². The number of rotatable bonds is 4. The van der Waals surface area contributed by atoms with Gasteiger partial charge in [-0.1, -0.05) is 53.5 Å². The molecule has 4 aromatic rings. The largest absolute Gasteiger partial charge is 0.323 e. The van der Waals surface area contributed by atoms with Crippen LogP contribution in [0.2, 0.25) is 10.0 Å². The van der Waals surface area contributed by atoms with Crippen molar-refractivity contribution in [3.05, 3.63) is 79.4 Å². The second-order valence-corrected chi connectivity index (χ2v) is 9.68. The zero-order valence-electron chi connectivity index (χ0n) is 17.0. The highest BCUT2D eigenvalue weighted by Crippen LogP contribution is 2.35. The summed E-state index contributed by atoms with van der Waals surface area (Å²) < 4.78 is 1.47. The van der Waals surface area contributed by atoms with Crippen LogP contribution in [0.4, 0.5) is 5.69 Å². The fourth-order valence-electron chi connectivity index (χ4n) is 4.12. The number of halogens is 2. The molecule has 0 saturated heterocycles. The summed E-state index contributed by atoms with van der Waals surface area (Å²) in [5.41, 5.74) is 2.15. The summed E-state index contributed by atoms with van der Waals surface area (Å²) in [5, 5.41) is 4.25. The third kappa shape index (κ3) is 3.94. The molecule has 0 aliphatic heterocycles. The van der Waals surface area contributed by atoms with Crippen LogP contribution in [0, 0.1) is 0 Å². The molecule has 1 aliphatic carbocycles. The average Bonchev–Trinajstić information content (AvgIpc) is 3.17. The zero-order valence-corrected chi connectivity index (χ0v) is 19.4. The third-order valence-electron chi connectivity index (χ3n) is 5.61. The highest BCUT2D eigenvalue weighted by atomic mass is 35.5. The van der Waals surface area contributed by atoms with Gasteiger partial charge in [-0.25, -0.2) is 4.98 Å². The van der Waals surface area contributed by atoms with Crippen LogP contribution in [0.25, 0.3) is 21.6 Å². The van der Waals surface area contributed by atoms with Crippen LogP contribution in [0.3, 0.4) is 0 Å². The normalized spacial score (nSPS) is 13.2. The lowest BCUT2D eigenvalue weighted by atomic mass is 9.97. The predicted molar refractivity (Wildman–Crippen MR) is 131 cm³/mol. The lowest BCUT2D eigenvalue weighted by Crippen LogP contribution is -2.30. The van der Waals surface area contributed by atoms with Gasteiger partial charge in [0.15, 0.2) is 0 Å². The van der Waals surface area contributed by atoms with Crippen LogP contribution in [0.5, 0.6) is 0 Å². The quantitative estimate of drug-likeness (QED) is 0.390. The van der Waals surface area contributed by atoms with E-state index >= 15 is 0 Å². The number of aryl methyl sites for hydroxylation is 2. The first-order chi connectivity index (χ1) is 15.5. The topological polar surface area (TPSA) is 64.0 Å². The van der Waals surface area contributed by atoms with Gasteiger partial charge in [0, 0.05) is 15.5 Å². The standard InChI is InChI=1S/C24H19Cl2N3O2S/c25-15-10-11-18(17(26)12-15)27-20(30)13-29-22(14-6-2-1-3-7-14)28-23-21(24(29)31)16-8-4-5-9-19(16)32-23/h1-3,6-7,10-12H,4-5,8-9,13H2,(H,27,30). The van der Waals surface area contributed by atoms with Crippen LogP contribution >= 0.6 is 34.5 Å². The Bertz CT molecular complexity index is 1400. The number of aromatic nitrogens is 2. The second kappa shape index (κ2) is 8.70. The molecule has 162 valence electrons. The zero-order chi connectivity index (χ0) is 22.2. The van der Waals surface area contributed by atoms with Gasteiger partial charge in [0.25, 0.3) is 5.56 Å². The average molecular weight is 484 g/mol. The molecule has 0 radical (unpaired) electrons. The molecule has 8 heteroatoms. The molecule has 2 aromatic heterocycles. The van der Waals surface area contributed by atoms with Gasteiger partial charge >= 0.3 is 0 Å². The maximum Gasteiger partial charge on any atom is 0.263 e. The first kappa shape index (κ1) is 21.2. The van der Waals surface area contributed by atoms with E-state index in [1.54, 1.807) is 29.5 Å². The van der Waals surface area contributed by atoms with Crippen molar-refractivity contribution in [2.75, 3.05) is 5.32 Å². The van der Waals surface area contributed by atoms with Gasteiger partial charge < -0.3 is 5.32 Å². The monoisotopic (exact) mass is 483 g/mol. The van der Waals surface area contributed by atoms with E-state index in [-0.39, 0.29) is 18.0 Å². The molecule has 0 saturated carbocycles. The summed E-state index contributed by atoms with van der Waals surface area (Å²) in [6.45, 7) is -0.171. The molecule has 5 rings (SSSR count). The Morgan fingerprint density at radius 1 is 1.09 bits per heavy atom. The summed E-state index contributed by atoms with van der Waals surface area (Å²) in [4.78, 5) is 33.4. The van der Waals surface area contributed by atoms with E-state index in [4.69, 9.17) is 28.2 Å². The SMILES string of the molecule is O=C(Cn1c(-c2ccccc2)nc2sc3c(c2c1=O)CCCC3)Nc1ccc(Cl)cc1Cl. The van der Waals surface area contributed by atoms with E-state index in [1.165, 1.54) is 9.44 Å². The van der Waals surface area contributed by atoms with Crippen LogP contribution in [-0.4, -0.2) is 15.5 Å². The number of nitrogens with zero attached hydrogens (tertiary/aromatic N) is 2. The predicted octanol–water partition coefficient (Wildman–Crippen LogP) is 5.95. The van der Waals surface area contributed by atoms with Crippen molar-refractivity contribution in [3.8, 4) is 11.4 Å². The fourth-order valence-corrected chi connectivity index (χ4v) is 5.82. The molecular formula is C24H19Cl2N3O2S. The number of hydrogen-bond donors (Lipinski definition) is 1. The van der Waals surface area contributed by atoms with Crippen LogP contribution in [-0.2, 0) is 24.2 Å². The number of carbonyl (C=O) groups excluding carboxylic acids is 1. The molecular weight excluding hydrogens is 465 g/mol. The van der Waals surface area contributed by atoms with E-state index < -0.39 is 0 Å². The molecule has 0 bridgehead atoms. The van der Waals surface area contributed by atoms with Crippen molar-refractivity contribution in [3.63, 3.8) is 0 Å². The maximum atomic E-state index is 13.7. The van der Waals surface area contributed by atoms with Gasteiger partial charge in [0.05, 0.1) is 16.1 Å². The van der Waals surface area contributed by atoms with Crippen molar-refractivity contribution in [1.82, 2.24) is 9.55 Å². The first-order valence-electron chi connectivity index (χ1n) is 10.4. The summed E-state index contributed by atoms with van der Waals surface area (Å²) in [5.74, 6) is 0.123. The van der Waals surface area contributed by atoms with E-state index in [1.807, 2.05) is 30.3 Å². The van der Waals surface area contributed by atoms with Crippen molar-refractivity contribution in [1.29, 1.82) is 0 Å². The Morgan fingerprint density at radius 2 is 1.88 bits per heavy atom. The second-order valence-electron chi connectivity index (χ2n) is 7.76. The van der Waals surface area contributed by atoms with Gasteiger partial charge in [-0.05, 0) is 49.4 Å². The summed E-state index contributed by atoms with van der Waals surface area (Å²) in [6.07, 6.45) is 4.05. The van der Waals surface area contributed by atoms with Crippen LogP contribution in [0.15, 0.2) is 53.3 Å². The van der Waals surface area contributed by atoms with E-state index in [0.29, 0.717) is 26.9 Å². The Balaban J connectivity index is 1.60. The molecule has 32 heavy (non-hydrogen) atoms. The number of carbonyl (C=O) groups is 1. The number of benzene rings is 2. The van der Waals surface area contributed by atoms with Crippen LogP contribution < -0.4 is 10.9 Å². The Hall–Kier alpha value is -2.67. The Morgan fingerprint density at radius 3 is 2.66 bits per heavy atom. The number of fused-ring (bicyclic) bond motifs is 3. The van der Waals surface area contributed by atoms with Crippen molar-refractivity contribution in [2.45, 2.75) is 32.2 Å². The van der Waals surface area contributed by atoms with Crippen molar-refractivity contribution in [2.24, 2.45) is 0 Å². The Labute approximate surface area is 198 Å². The van der Waals surface area contributed by atoms with E-state index in [2.05, 4.69) is 5.32 Å². The number of anilines is 1. The van der Waals surface area contributed by atoms with E-state index in [0.717, 1.165) is 41.6 Å². The first-order valence-corrected chi connectivity index (χ1v) is 11.9. The van der Waals surface area contributed by atoms with Gasteiger partial charge in [-0.15, -0.1) is 11.3 Å². The number of amides is 1. The fraction of sp³-hybridized carbons (Fsp3) is 0.208. The minimum absolute atomic E-state index is 0.171. The molecule has 1 aliphatic rings. The van der Waals surface area contributed by atoms with Gasteiger partial charge in [0.1, 0.15) is 17.2 Å². The minimum atomic E-state index is -0.362. The lowest BCUT2D eigenvalue weighted by Gasteiger charge is -2.14. The molecule has 2 heterocycles. The Kier molecular flexibility index (Phi) is 5.76. The maximum absolute atomic E-state index is 13.7. The third-order valence-corrected chi connectivity index (χ3v) is 7.35. The molecule has 1 N–H and O–H groups in total. The highest BCUT2D eigenvalue weighted by molar-refractivity contribution is 7.18. The number of thiophene rings is 1.